The summed E-state index contributed by atoms with van der Waals surface area (Å²) in [5.74, 6) is 0.335. The van der Waals surface area contributed by atoms with Gasteiger partial charge in [0.25, 0.3) is 5.91 Å². The second-order valence-electron chi connectivity index (χ2n) is 7.64. The van der Waals surface area contributed by atoms with Crippen LogP contribution in [0.2, 0.25) is 0 Å². The number of amides is 1. The SMILES string of the molecule is C[C@H](OC(=O)c1cccc(Oc2ccccc2)c1)C(=O)N[C@@H]1CCCc2ccccc21. The first-order valence-electron chi connectivity index (χ1n) is 10.5. The molecule has 5 nitrogen and oxygen atoms in total. The topological polar surface area (TPSA) is 64.6 Å². The average Bonchev–Trinajstić information content (AvgIpc) is 2.80. The molecule has 0 bridgehead atoms. The van der Waals surface area contributed by atoms with Gasteiger partial charge in [0, 0.05) is 0 Å². The van der Waals surface area contributed by atoms with Crippen molar-refractivity contribution in [3.05, 3.63) is 95.6 Å². The molecule has 0 saturated carbocycles. The normalized spacial score (nSPS) is 16.0. The fraction of sp³-hybridized carbons (Fsp3) is 0.231. The zero-order valence-corrected chi connectivity index (χ0v) is 17.4. The smallest absolute Gasteiger partial charge is 0.339 e. The fourth-order valence-electron chi connectivity index (χ4n) is 3.79. The highest BCUT2D eigenvalue weighted by Crippen LogP contribution is 2.29. The Kier molecular flexibility index (Phi) is 6.32. The van der Waals surface area contributed by atoms with E-state index in [2.05, 4.69) is 11.4 Å². The summed E-state index contributed by atoms with van der Waals surface area (Å²) >= 11 is 0. The highest BCUT2D eigenvalue weighted by atomic mass is 16.5. The van der Waals surface area contributed by atoms with Crippen LogP contribution in [0.3, 0.4) is 0 Å². The summed E-state index contributed by atoms with van der Waals surface area (Å²) in [6.07, 6.45) is 2.02. The lowest BCUT2D eigenvalue weighted by atomic mass is 9.87. The predicted molar refractivity (Wildman–Crippen MR) is 118 cm³/mol. The third-order valence-corrected chi connectivity index (χ3v) is 5.39. The van der Waals surface area contributed by atoms with E-state index in [0.29, 0.717) is 17.1 Å². The molecule has 0 fully saturated rings. The van der Waals surface area contributed by atoms with Crippen molar-refractivity contribution < 1.29 is 19.1 Å². The van der Waals surface area contributed by atoms with Gasteiger partial charge in [0.15, 0.2) is 6.10 Å². The van der Waals surface area contributed by atoms with Crippen LogP contribution in [0.5, 0.6) is 11.5 Å². The maximum absolute atomic E-state index is 12.7. The molecule has 0 saturated heterocycles. The van der Waals surface area contributed by atoms with Gasteiger partial charge in [0.1, 0.15) is 11.5 Å². The molecule has 0 heterocycles. The van der Waals surface area contributed by atoms with Gasteiger partial charge in [0.2, 0.25) is 0 Å². The number of carbonyl (C=O) groups excluding carboxylic acids is 2. The first kappa shape index (κ1) is 20.7. The lowest BCUT2D eigenvalue weighted by molar-refractivity contribution is -0.130. The Labute approximate surface area is 182 Å². The molecular weight excluding hydrogens is 390 g/mol. The van der Waals surface area contributed by atoms with Gasteiger partial charge >= 0.3 is 5.97 Å². The van der Waals surface area contributed by atoms with Gasteiger partial charge in [-0.2, -0.15) is 0 Å². The van der Waals surface area contributed by atoms with Crippen molar-refractivity contribution in [3.8, 4) is 11.5 Å². The molecule has 1 aliphatic rings. The van der Waals surface area contributed by atoms with Gasteiger partial charge in [-0.3, -0.25) is 4.79 Å². The molecule has 0 unspecified atom stereocenters. The zero-order valence-electron chi connectivity index (χ0n) is 17.4. The number of hydrogen-bond donors (Lipinski definition) is 1. The largest absolute Gasteiger partial charge is 0.457 e. The van der Waals surface area contributed by atoms with Crippen LogP contribution in [0.4, 0.5) is 0 Å². The number of ether oxygens (including phenoxy) is 2. The molecule has 0 aliphatic heterocycles. The standard InChI is InChI=1S/C26H25NO4/c1-18(25(28)27-24-16-8-10-19-9-5-6-15-23(19)24)30-26(29)20-11-7-14-22(17-20)31-21-12-3-2-4-13-21/h2-7,9,11-15,17-18,24H,8,10,16H2,1H3,(H,27,28)/t18-,24+/m0/s1. The monoisotopic (exact) mass is 415 g/mol. The van der Waals surface area contributed by atoms with E-state index in [1.807, 2.05) is 48.5 Å². The molecule has 1 N–H and O–H groups in total. The van der Waals surface area contributed by atoms with Gasteiger partial charge < -0.3 is 14.8 Å². The maximum atomic E-state index is 12.7. The van der Waals surface area contributed by atoms with Crippen molar-refractivity contribution in [1.82, 2.24) is 5.32 Å². The Morgan fingerprint density at radius 2 is 1.68 bits per heavy atom. The van der Waals surface area contributed by atoms with E-state index in [0.717, 1.165) is 24.8 Å². The number of carbonyl (C=O) groups is 2. The summed E-state index contributed by atoms with van der Waals surface area (Å²) in [6.45, 7) is 1.59. The molecule has 1 amide bonds. The number of rotatable bonds is 6. The van der Waals surface area contributed by atoms with Crippen molar-refractivity contribution in [2.75, 3.05) is 0 Å². The molecule has 1 aliphatic carbocycles. The van der Waals surface area contributed by atoms with Gasteiger partial charge in [-0.25, -0.2) is 4.79 Å². The molecule has 2 atom stereocenters. The van der Waals surface area contributed by atoms with Crippen LogP contribution < -0.4 is 10.1 Å². The molecule has 0 spiro atoms. The fourth-order valence-corrected chi connectivity index (χ4v) is 3.79. The minimum absolute atomic E-state index is 0.0544. The van der Waals surface area contributed by atoms with Crippen molar-refractivity contribution in [2.45, 2.75) is 38.3 Å². The summed E-state index contributed by atoms with van der Waals surface area (Å²) in [6, 6.07) is 24.1. The molecule has 3 aromatic rings. The van der Waals surface area contributed by atoms with E-state index < -0.39 is 12.1 Å². The predicted octanol–water partition coefficient (Wildman–Crippen LogP) is 5.22. The van der Waals surface area contributed by atoms with Crippen LogP contribution in [0.25, 0.3) is 0 Å². The van der Waals surface area contributed by atoms with E-state index in [-0.39, 0.29) is 11.9 Å². The molecule has 0 radical (unpaired) electrons. The van der Waals surface area contributed by atoms with E-state index in [1.165, 1.54) is 5.56 Å². The van der Waals surface area contributed by atoms with Crippen molar-refractivity contribution >= 4 is 11.9 Å². The summed E-state index contributed by atoms with van der Waals surface area (Å²) < 4.78 is 11.2. The van der Waals surface area contributed by atoms with E-state index in [1.54, 1.807) is 31.2 Å². The number of nitrogens with one attached hydrogen (secondary N) is 1. The molecule has 31 heavy (non-hydrogen) atoms. The third kappa shape index (κ3) is 5.12. The highest BCUT2D eigenvalue weighted by molar-refractivity contribution is 5.92. The first-order chi connectivity index (χ1) is 15.1. The Bertz CT molecular complexity index is 1060. The van der Waals surface area contributed by atoms with E-state index in [4.69, 9.17) is 9.47 Å². The number of fused-ring (bicyclic) bond motifs is 1. The number of para-hydroxylation sites is 1. The Morgan fingerprint density at radius 1 is 0.935 bits per heavy atom. The van der Waals surface area contributed by atoms with Crippen LogP contribution in [0.1, 0.15) is 47.3 Å². The van der Waals surface area contributed by atoms with Crippen LogP contribution >= 0.6 is 0 Å². The van der Waals surface area contributed by atoms with Gasteiger partial charge in [-0.05, 0) is 67.6 Å². The molecule has 158 valence electrons. The first-order valence-corrected chi connectivity index (χ1v) is 10.5. The third-order valence-electron chi connectivity index (χ3n) is 5.39. The van der Waals surface area contributed by atoms with Gasteiger partial charge in [0.05, 0.1) is 11.6 Å². The minimum Gasteiger partial charge on any atom is -0.457 e. The van der Waals surface area contributed by atoms with Gasteiger partial charge in [-0.1, -0.05) is 48.5 Å². The minimum atomic E-state index is -0.903. The van der Waals surface area contributed by atoms with Crippen LogP contribution in [0, 0.1) is 0 Å². The quantitative estimate of drug-likeness (QED) is 0.561. The molecule has 3 aromatic carbocycles. The Balaban J connectivity index is 1.37. The second-order valence-corrected chi connectivity index (χ2v) is 7.64. The van der Waals surface area contributed by atoms with Crippen molar-refractivity contribution in [1.29, 1.82) is 0 Å². The lowest BCUT2D eigenvalue weighted by Crippen LogP contribution is -2.39. The highest BCUT2D eigenvalue weighted by Gasteiger charge is 2.25. The van der Waals surface area contributed by atoms with Crippen molar-refractivity contribution in [2.24, 2.45) is 0 Å². The van der Waals surface area contributed by atoms with E-state index in [9.17, 15) is 9.59 Å². The molecule has 4 rings (SSSR count). The Morgan fingerprint density at radius 3 is 2.52 bits per heavy atom. The average molecular weight is 415 g/mol. The zero-order chi connectivity index (χ0) is 21.6. The van der Waals surface area contributed by atoms with Crippen LogP contribution in [-0.4, -0.2) is 18.0 Å². The molecule has 5 heteroatoms. The molecular formula is C26H25NO4. The Hall–Kier alpha value is -3.60. The van der Waals surface area contributed by atoms with E-state index >= 15 is 0 Å². The van der Waals surface area contributed by atoms with Crippen LogP contribution in [0.15, 0.2) is 78.9 Å². The summed E-state index contributed by atoms with van der Waals surface area (Å²) in [7, 11) is 0. The summed E-state index contributed by atoms with van der Waals surface area (Å²) in [4.78, 5) is 25.3. The molecule has 0 aromatic heterocycles. The lowest BCUT2D eigenvalue weighted by Gasteiger charge is -2.27. The number of benzene rings is 3. The summed E-state index contributed by atoms with van der Waals surface area (Å²) in [5, 5.41) is 3.03. The van der Waals surface area contributed by atoms with Gasteiger partial charge in [-0.15, -0.1) is 0 Å². The van der Waals surface area contributed by atoms with Crippen molar-refractivity contribution in [3.63, 3.8) is 0 Å². The van der Waals surface area contributed by atoms with Crippen LogP contribution in [-0.2, 0) is 16.0 Å². The second kappa shape index (κ2) is 9.47. The number of aryl methyl sites for hydroxylation is 1. The summed E-state index contributed by atoms with van der Waals surface area (Å²) in [5.41, 5.74) is 2.74. The number of esters is 1. The number of hydrogen-bond acceptors (Lipinski definition) is 4. The maximum Gasteiger partial charge on any atom is 0.339 e.